The molecular weight excluding hydrogens is 463 g/mol. The highest BCUT2D eigenvalue weighted by Crippen LogP contribution is 2.37. The fraction of sp³-hybridized carbons (Fsp3) is 0.478. The molecule has 0 spiro atoms. The van der Waals surface area contributed by atoms with E-state index >= 15 is 0 Å². The van der Waals surface area contributed by atoms with Crippen LogP contribution in [0.3, 0.4) is 0 Å². The summed E-state index contributed by atoms with van der Waals surface area (Å²) >= 11 is 0. The molecule has 1 aliphatic carbocycles. The number of amides is 1. The highest BCUT2D eigenvalue weighted by atomic mass is 19.1. The summed E-state index contributed by atoms with van der Waals surface area (Å²) in [7, 11) is 0. The van der Waals surface area contributed by atoms with Gasteiger partial charge in [-0.15, -0.1) is 0 Å². The third-order valence-corrected chi connectivity index (χ3v) is 6.70. The summed E-state index contributed by atoms with van der Waals surface area (Å²) in [6.45, 7) is 0.437. The van der Waals surface area contributed by atoms with E-state index in [1.807, 2.05) is 0 Å². The molecule has 12 heteroatoms. The van der Waals surface area contributed by atoms with Gasteiger partial charge in [-0.25, -0.2) is 23.1 Å². The van der Waals surface area contributed by atoms with E-state index in [4.69, 9.17) is 10.5 Å². The highest BCUT2D eigenvalue weighted by molar-refractivity contribution is 5.78. The topological polar surface area (TPSA) is 120 Å². The summed E-state index contributed by atoms with van der Waals surface area (Å²) in [5.74, 6) is -1.65. The molecule has 4 N–H and O–H groups in total. The molecule has 1 aromatic carbocycles. The van der Waals surface area contributed by atoms with E-state index in [1.165, 1.54) is 12.3 Å². The fourth-order valence-corrected chi connectivity index (χ4v) is 4.77. The van der Waals surface area contributed by atoms with E-state index in [2.05, 4.69) is 25.6 Å². The maximum absolute atomic E-state index is 14.4. The first kappa shape index (κ1) is 23.3. The van der Waals surface area contributed by atoms with Gasteiger partial charge in [-0.3, -0.25) is 9.36 Å². The molecule has 3 aromatic rings. The molecule has 9 nitrogen and oxygen atoms in total. The van der Waals surface area contributed by atoms with Gasteiger partial charge in [0.15, 0.2) is 5.65 Å². The van der Waals surface area contributed by atoms with Gasteiger partial charge in [0.2, 0.25) is 17.8 Å². The van der Waals surface area contributed by atoms with E-state index in [1.54, 1.807) is 4.57 Å². The van der Waals surface area contributed by atoms with E-state index in [9.17, 15) is 18.0 Å². The highest BCUT2D eigenvalue weighted by Gasteiger charge is 2.30. The van der Waals surface area contributed by atoms with Crippen LogP contribution in [0.5, 0.6) is 0 Å². The van der Waals surface area contributed by atoms with Gasteiger partial charge in [-0.05, 0) is 44.2 Å². The lowest BCUT2D eigenvalue weighted by molar-refractivity contribution is -0.122. The third-order valence-electron chi connectivity index (χ3n) is 6.70. The Kier molecular flexibility index (Phi) is 6.46. The maximum Gasteiger partial charge on any atom is 0.225 e. The lowest BCUT2D eigenvalue weighted by Crippen LogP contribution is -2.39. The van der Waals surface area contributed by atoms with Gasteiger partial charge in [-0.1, -0.05) is 6.07 Å². The zero-order valence-electron chi connectivity index (χ0n) is 18.9. The smallest absolute Gasteiger partial charge is 0.225 e. The lowest BCUT2D eigenvalue weighted by atomic mass is 9.85. The number of primary amides is 1. The minimum atomic E-state index is -1.20. The van der Waals surface area contributed by atoms with Crippen molar-refractivity contribution in [1.29, 1.82) is 0 Å². The van der Waals surface area contributed by atoms with Crippen molar-refractivity contribution in [2.45, 2.75) is 50.4 Å². The minimum absolute atomic E-state index is 0.00319. The lowest BCUT2D eigenvalue weighted by Gasteiger charge is -2.29. The monoisotopic (exact) mass is 489 g/mol. The number of para-hydroxylation sites is 1. The molecule has 0 unspecified atom stereocenters. The van der Waals surface area contributed by atoms with Crippen LogP contribution in [-0.4, -0.2) is 50.9 Å². The number of benzene rings is 1. The van der Waals surface area contributed by atoms with E-state index < -0.39 is 23.8 Å². The molecule has 1 aliphatic heterocycles. The second kappa shape index (κ2) is 9.68. The Balaban J connectivity index is 1.52. The van der Waals surface area contributed by atoms with Gasteiger partial charge in [0.05, 0.1) is 18.8 Å². The number of hydrogen-bond acceptors (Lipinski definition) is 7. The maximum atomic E-state index is 14.4. The molecule has 2 atom stereocenters. The number of ether oxygens (including phenoxy) is 1. The molecule has 0 bridgehead atoms. The van der Waals surface area contributed by atoms with Crippen molar-refractivity contribution in [3.8, 4) is 0 Å². The predicted octanol–water partition coefficient (Wildman–Crippen LogP) is 3.60. The van der Waals surface area contributed by atoms with Crippen LogP contribution in [-0.2, 0) is 9.53 Å². The molecule has 2 aliphatic rings. The number of carbonyl (C=O) groups is 1. The summed E-state index contributed by atoms with van der Waals surface area (Å²) in [4.78, 5) is 25.0. The number of hydrogen-bond donors (Lipinski definition) is 3. The second-order valence-electron chi connectivity index (χ2n) is 8.97. The van der Waals surface area contributed by atoms with Gasteiger partial charge < -0.3 is 21.1 Å². The first-order valence-electron chi connectivity index (χ1n) is 11.6. The summed E-state index contributed by atoms with van der Waals surface area (Å²) in [5, 5.41) is 5.82. The van der Waals surface area contributed by atoms with Crippen molar-refractivity contribution in [3.05, 3.63) is 36.0 Å². The average Bonchev–Trinajstić information content (AvgIpc) is 3.20. The van der Waals surface area contributed by atoms with Gasteiger partial charge in [0.25, 0.3) is 0 Å². The van der Waals surface area contributed by atoms with E-state index in [0.717, 1.165) is 12.1 Å². The van der Waals surface area contributed by atoms with Crippen molar-refractivity contribution >= 4 is 34.7 Å². The Morgan fingerprint density at radius 1 is 1.11 bits per heavy atom. The number of aromatic nitrogens is 4. The Labute approximate surface area is 199 Å². The van der Waals surface area contributed by atoms with Crippen molar-refractivity contribution in [2.24, 2.45) is 11.7 Å². The Morgan fingerprint density at radius 3 is 2.54 bits per heavy atom. The number of anilines is 3. The molecule has 1 saturated heterocycles. The number of alkyl halides is 1. The number of rotatable bonds is 6. The summed E-state index contributed by atoms with van der Waals surface area (Å²) in [6.07, 6.45) is 3.13. The van der Waals surface area contributed by atoms with Crippen LogP contribution in [0.1, 0.15) is 38.1 Å². The van der Waals surface area contributed by atoms with Crippen LogP contribution >= 0.6 is 0 Å². The number of nitrogens with two attached hydrogens (primary N) is 1. The van der Waals surface area contributed by atoms with Crippen LogP contribution in [0, 0.1) is 17.6 Å². The molecule has 2 fully saturated rings. The first-order chi connectivity index (χ1) is 16.9. The molecule has 1 saturated carbocycles. The Morgan fingerprint density at radius 2 is 1.86 bits per heavy atom. The Bertz CT molecular complexity index is 1210. The normalized spacial score (nSPS) is 24.9. The summed E-state index contributed by atoms with van der Waals surface area (Å²) in [5.41, 5.74) is 6.00. The van der Waals surface area contributed by atoms with E-state index in [-0.39, 0.29) is 42.1 Å². The molecule has 1 amide bonds. The van der Waals surface area contributed by atoms with Gasteiger partial charge in [0, 0.05) is 18.6 Å². The largest absolute Gasteiger partial charge is 0.378 e. The molecule has 186 valence electrons. The van der Waals surface area contributed by atoms with E-state index in [0.29, 0.717) is 49.9 Å². The van der Waals surface area contributed by atoms with Crippen LogP contribution in [0.25, 0.3) is 11.2 Å². The minimum Gasteiger partial charge on any atom is -0.378 e. The number of carbonyl (C=O) groups excluding carboxylic acids is 1. The number of fused-ring (bicyclic) bond motifs is 1. The zero-order valence-corrected chi connectivity index (χ0v) is 18.9. The van der Waals surface area contributed by atoms with Crippen LogP contribution in [0.4, 0.5) is 30.8 Å². The second-order valence-corrected chi connectivity index (χ2v) is 8.97. The fourth-order valence-electron chi connectivity index (χ4n) is 4.77. The molecule has 2 aromatic heterocycles. The van der Waals surface area contributed by atoms with Crippen molar-refractivity contribution in [2.75, 3.05) is 23.8 Å². The number of imidazole rings is 1. The molecule has 35 heavy (non-hydrogen) atoms. The predicted molar refractivity (Wildman–Crippen MR) is 123 cm³/mol. The van der Waals surface area contributed by atoms with Crippen molar-refractivity contribution < 1.29 is 22.7 Å². The van der Waals surface area contributed by atoms with Crippen LogP contribution < -0.4 is 16.4 Å². The van der Waals surface area contributed by atoms with Gasteiger partial charge in [-0.2, -0.15) is 4.98 Å². The number of nitrogens with one attached hydrogen (secondary N) is 2. The SMILES string of the molecule is NC(=O)[C@H]1CC[C@H](n2c(Nc3c(F)cccc3F)nc3cnc(N[C@H]4CCOC[C@@H]4F)nc32)CC1. The number of nitrogens with zero attached hydrogens (tertiary/aromatic N) is 4. The average molecular weight is 490 g/mol. The van der Waals surface area contributed by atoms with Crippen molar-refractivity contribution in [1.82, 2.24) is 19.5 Å². The third kappa shape index (κ3) is 4.75. The molecular formula is C23H26F3N7O2. The van der Waals surface area contributed by atoms with Crippen LogP contribution in [0.2, 0.25) is 0 Å². The number of halogens is 3. The molecule has 5 rings (SSSR count). The van der Waals surface area contributed by atoms with Gasteiger partial charge in [0.1, 0.15) is 29.0 Å². The standard InChI is InChI=1S/C23H26F3N7O2/c24-14-2-1-3-15(25)19(14)31-23-30-18-10-28-22(29-17-8-9-35-11-16(17)26)32-21(18)33(23)13-6-4-12(5-7-13)20(27)34/h1-3,10,12-13,16-17H,4-9,11H2,(H2,27,34)(H,30,31)(H,28,29,32)/t12-,13-,16-,17-/m0/s1. The summed E-state index contributed by atoms with van der Waals surface area (Å²) in [6, 6.07) is 2.95. The Hall–Kier alpha value is -3.41. The molecule has 0 radical (unpaired) electrons. The van der Waals surface area contributed by atoms with Crippen molar-refractivity contribution in [3.63, 3.8) is 0 Å². The molecule has 3 heterocycles. The summed E-state index contributed by atoms with van der Waals surface area (Å²) < 4.78 is 50.0. The quantitative estimate of drug-likeness (QED) is 0.484. The first-order valence-corrected chi connectivity index (χ1v) is 11.6. The van der Waals surface area contributed by atoms with Crippen LogP contribution in [0.15, 0.2) is 24.4 Å². The zero-order chi connectivity index (χ0) is 24.5. The van der Waals surface area contributed by atoms with Gasteiger partial charge >= 0.3 is 0 Å².